The number of nitrogens with two attached hydrogens (primary N) is 1. The zero-order chi connectivity index (χ0) is 9.26. The van der Waals surface area contributed by atoms with Crippen LogP contribution in [0, 0.1) is 6.92 Å². The number of thiophene rings is 1. The lowest BCUT2D eigenvalue weighted by Gasteiger charge is -2.19. The summed E-state index contributed by atoms with van der Waals surface area (Å²) in [4.78, 5) is 1.38. The van der Waals surface area contributed by atoms with Gasteiger partial charge in [-0.25, -0.2) is 0 Å². The molecule has 0 saturated heterocycles. The van der Waals surface area contributed by atoms with Crippen LogP contribution < -0.4 is 11.1 Å². The van der Waals surface area contributed by atoms with Gasteiger partial charge in [-0.2, -0.15) is 0 Å². The van der Waals surface area contributed by atoms with Gasteiger partial charge in [0.1, 0.15) is 0 Å². The third-order valence-corrected chi connectivity index (χ3v) is 3.16. The molecule has 1 atom stereocenters. The molecule has 3 heteroatoms. The summed E-state index contributed by atoms with van der Waals surface area (Å²) in [6.07, 6.45) is 2.17. The molecular weight excluding hydrogens is 180 g/mol. The van der Waals surface area contributed by atoms with Crippen LogP contribution in [0.25, 0.3) is 5.57 Å². The lowest BCUT2D eigenvalue weighted by Crippen LogP contribution is -2.37. The van der Waals surface area contributed by atoms with E-state index in [2.05, 4.69) is 29.8 Å². The SMILES string of the molecule is Cc1sccc1C1=CC(N)CNC1. The largest absolute Gasteiger partial charge is 0.323 e. The van der Waals surface area contributed by atoms with Crippen molar-refractivity contribution in [1.82, 2.24) is 5.32 Å². The molecule has 1 unspecified atom stereocenters. The van der Waals surface area contributed by atoms with Crippen LogP contribution in [0.15, 0.2) is 17.5 Å². The Bertz CT molecular complexity index is 327. The molecule has 0 bridgehead atoms. The molecule has 0 aromatic carbocycles. The van der Waals surface area contributed by atoms with Gasteiger partial charge in [-0.15, -0.1) is 11.3 Å². The van der Waals surface area contributed by atoms with E-state index >= 15 is 0 Å². The molecule has 0 radical (unpaired) electrons. The number of hydrogen-bond acceptors (Lipinski definition) is 3. The van der Waals surface area contributed by atoms with Crippen LogP contribution >= 0.6 is 11.3 Å². The molecule has 0 aliphatic carbocycles. The van der Waals surface area contributed by atoms with Crippen molar-refractivity contribution in [3.63, 3.8) is 0 Å². The first kappa shape index (κ1) is 8.94. The molecular formula is C10H14N2S. The lowest BCUT2D eigenvalue weighted by molar-refractivity contribution is 0.663. The molecule has 2 rings (SSSR count). The number of rotatable bonds is 1. The number of aryl methyl sites for hydroxylation is 1. The van der Waals surface area contributed by atoms with Gasteiger partial charge in [0, 0.05) is 24.0 Å². The third kappa shape index (κ3) is 1.82. The van der Waals surface area contributed by atoms with E-state index in [4.69, 9.17) is 5.73 Å². The molecule has 2 heterocycles. The summed E-state index contributed by atoms with van der Waals surface area (Å²) in [5.74, 6) is 0. The molecule has 0 saturated carbocycles. The van der Waals surface area contributed by atoms with Crippen LogP contribution in [0.5, 0.6) is 0 Å². The van der Waals surface area contributed by atoms with E-state index in [0.717, 1.165) is 13.1 Å². The Hall–Kier alpha value is -0.640. The van der Waals surface area contributed by atoms with Crippen molar-refractivity contribution in [2.45, 2.75) is 13.0 Å². The summed E-state index contributed by atoms with van der Waals surface area (Å²) in [5, 5.41) is 5.44. The predicted molar refractivity (Wildman–Crippen MR) is 57.9 cm³/mol. The fourth-order valence-corrected chi connectivity index (χ4v) is 2.39. The van der Waals surface area contributed by atoms with Crippen molar-refractivity contribution in [3.8, 4) is 0 Å². The minimum Gasteiger partial charge on any atom is -0.323 e. The Labute approximate surface area is 82.5 Å². The van der Waals surface area contributed by atoms with Crippen molar-refractivity contribution >= 4 is 16.9 Å². The number of nitrogens with one attached hydrogen (secondary N) is 1. The highest BCUT2D eigenvalue weighted by Gasteiger charge is 2.12. The average Bonchev–Trinajstić information content (AvgIpc) is 2.51. The van der Waals surface area contributed by atoms with Crippen LogP contribution in [0.3, 0.4) is 0 Å². The zero-order valence-electron chi connectivity index (χ0n) is 7.71. The molecule has 3 N–H and O–H groups in total. The Morgan fingerprint density at radius 1 is 1.62 bits per heavy atom. The molecule has 1 aliphatic rings. The van der Waals surface area contributed by atoms with Crippen molar-refractivity contribution in [1.29, 1.82) is 0 Å². The van der Waals surface area contributed by atoms with Gasteiger partial charge in [0.2, 0.25) is 0 Å². The molecule has 70 valence electrons. The molecule has 0 amide bonds. The molecule has 1 aromatic heterocycles. The summed E-state index contributed by atoms with van der Waals surface area (Å²) in [6, 6.07) is 2.34. The fraction of sp³-hybridized carbons (Fsp3) is 0.400. The molecule has 1 aromatic rings. The second-order valence-electron chi connectivity index (χ2n) is 3.38. The highest BCUT2D eigenvalue weighted by atomic mass is 32.1. The normalized spacial score (nSPS) is 22.9. The Balaban J connectivity index is 2.30. The minimum atomic E-state index is 0.169. The van der Waals surface area contributed by atoms with E-state index in [9.17, 15) is 0 Å². The van der Waals surface area contributed by atoms with Crippen LogP contribution in [0.4, 0.5) is 0 Å². The van der Waals surface area contributed by atoms with Gasteiger partial charge in [-0.05, 0) is 29.5 Å². The van der Waals surface area contributed by atoms with Gasteiger partial charge in [0.05, 0.1) is 0 Å². The van der Waals surface area contributed by atoms with Gasteiger partial charge in [0.15, 0.2) is 0 Å². The summed E-state index contributed by atoms with van der Waals surface area (Å²) >= 11 is 1.79. The minimum absolute atomic E-state index is 0.169. The molecule has 13 heavy (non-hydrogen) atoms. The molecule has 2 nitrogen and oxygen atoms in total. The van der Waals surface area contributed by atoms with E-state index in [0.29, 0.717) is 0 Å². The Morgan fingerprint density at radius 3 is 3.08 bits per heavy atom. The van der Waals surface area contributed by atoms with Crippen LogP contribution in [0.2, 0.25) is 0 Å². The van der Waals surface area contributed by atoms with Gasteiger partial charge < -0.3 is 11.1 Å². The highest BCUT2D eigenvalue weighted by molar-refractivity contribution is 7.10. The first-order valence-corrected chi connectivity index (χ1v) is 5.37. The van der Waals surface area contributed by atoms with Crippen molar-refractivity contribution in [3.05, 3.63) is 28.0 Å². The van der Waals surface area contributed by atoms with Gasteiger partial charge >= 0.3 is 0 Å². The fourth-order valence-electron chi connectivity index (χ4n) is 1.65. The quantitative estimate of drug-likeness (QED) is 0.708. The standard InChI is InChI=1S/C10H14N2S/c1-7-10(2-3-13-7)8-4-9(11)6-12-5-8/h2-4,9,12H,5-6,11H2,1H3. The Kier molecular flexibility index (Phi) is 2.49. The molecule has 0 fully saturated rings. The first-order chi connectivity index (χ1) is 6.27. The maximum absolute atomic E-state index is 5.85. The van der Waals surface area contributed by atoms with Crippen molar-refractivity contribution in [2.24, 2.45) is 5.73 Å². The van der Waals surface area contributed by atoms with Crippen LogP contribution in [-0.4, -0.2) is 19.1 Å². The first-order valence-electron chi connectivity index (χ1n) is 4.49. The second-order valence-corrected chi connectivity index (χ2v) is 4.50. The van der Waals surface area contributed by atoms with E-state index < -0.39 is 0 Å². The van der Waals surface area contributed by atoms with Crippen molar-refractivity contribution in [2.75, 3.05) is 13.1 Å². The van der Waals surface area contributed by atoms with Gasteiger partial charge in [-0.1, -0.05) is 6.08 Å². The van der Waals surface area contributed by atoms with E-state index in [-0.39, 0.29) is 6.04 Å². The second kappa shape index (κ2) is 3.62. The predicted octanol–water partition coefficient (Wildman–Crippen LogP) is 1.37. The van der Waals surface area contributed by atoms with E-state index in [1.165, 1.54) is 16.0 Å². The average molecular weight is 194 g/mol. The highest BCUT2D eigenvalue weighted by Crippen LogP contribution is 2.24. The topological polar surface area (TPSA) is 38.0 Å². The molecule has 0 spiro atoms. The maximum atomic E-state index is 5.85. The van der Waals surface area contributed by atoms with E-state index in [1.54, 1.807) is 11.3 Å². The summed E-state index contributed by atoms with van der Waals surface area (Å²) < 4.78 is 0. The van der Waals surface area contributed by atoms with Crippen molar-refractivity contribution < 1.29 is 0 Å². The van der Waals surface area contributed by atoms with E-state index in [1.807, 2.05) is 0 Å². The lowest BCUT2D eigenvalue weighted by atomic mass is 10.0. The maximum Gasteiger partial charge on any atom is 0.0357 e. The smallest absolute Gasteiger partial charge is 0.0357 e. The van der Waals surface area contributed by atoms with Crippen LogP contribution in [0.1, 0.15) is 10.4 Å². The molecule has 1 aliphatic heterocycles. The number of hydrogen-bond donors (Lipinski definition) is 2. The van der Waals surface area contributed by atoms with Crippen LogP contribution in [-0.2, 0) is 0 Å². The zero-order valence-corrected chi connectivity index (χ0v) is 8.53. The van der Waals surface area contributed by atoms with Gasteiger partial charge in [0.25, 0.3) is 0 Å². The summed E-state index contributed by atoms with van der Waals surface area (Å²) in [5.41, 5.74) is 8.55. The Morgan fingerprint density at radius 2 is 2.46 bits per heavy atom. The van der Waals surface area contributed by atoms with Gasteiger partial charge in [-0.3, -0.25) is 0 Å². The summed E-state index contributed by atoms with van der Waals surface area (Å²) in [6.45, 7) is 4.00. The monoisotopic (exact) mass is 194 g/mol. The third-order valence-electron chi connectivity index (χ3n) is 2.32. The summed E-state index contributed by atoms with van der Waals surface area (Å²) in [7, 11) is 0.